The highest BCUT2D eigenvalue weighted by atomic mass is 15.4. The highest BCUT2D eigenvalue weighted by molar-refractivity contribution is 5.67. The minimum atomic E-state index is 0.375. The van der Waals surface area contributed by atoms with Crippen molar-refractivity contribution in [1.82, 2.24) is 9.78 Å². The van der Waals surface area contributed by atoms with Crippen LogP contribution >= 0.6 is 0 Å². The van der Waals surface area contributed by atoms with Crippen molar-refractivity contribution in [3.8, 4) is 0 Å². The molecule has 0 aromatic carbocycles. The molecule has 0 bridgehead atoms. The number of rotatable bonds is 6. The van der Waals surface area contributed by atoms with Crippen LogP contribution in [0.4, 0.5) is 11.5 Å². The number of aryl methyl sites for hydroxylation is 1. The fourth-order valence-electron chi connectivity index (χ4n) is 2.12. The van der Waals surface area contributed by atoms with Gasteiger partial charge in [-0.1, -0.05) is 27.2 Å². The minimum absolute atomic E-state index is 0.375. The van der Waals surface area contributed by atoms with E-state index in [0.29, 0.717) is 5.92 Å². The summed E-state index contributed by atoms with van der Waals surface area (Å²) in [6, 6.07) is 0. The van der Waals surface area contributed by atoms with Crippen molar-refractivity contribution in [2.45, 2.75) is 46.5 Å². The van der Waals surface area contributed by atoms with Gasteiger partial charge >= 0.3 is 0 Å². The van der Waals surface area contributed by atoms with Gasteiger partial charge in [-0.2, -0.15) is 5.10 Å². The molecule has 0 aliphatic carbocycles. The predicted octanol–water partition coefficient (Wildman–Crippen LogP) is 2.75. The van der Waals surface area contributed by atoms with Gasteiger partial charge in [0.1, 0.15) is 5.82 Å². The van der Waals surface area contributed by atoms with E-state index in [2.05, 4.69) is 37.7 Å². The third-order valence-electron chi connectivity index (χ3n) is 3.09. The second-order valence-corrected chi connectivity index (χ2v) is 4.83. The molecule has 0 atom stereocenters. The molecule has 0 radical (unpaired) electrons. The maximum absolute atomic E-state index is 6.23. The van der Waals surface area contributed by atoms with E-state index in [4.69, 9.17) is 5.73 Å². The fourth-order valence-corrected chi connectivity index (χ4v) is 2.12. The summed E-state index contributed by atoms with van der Waals surface area (Å²) in [7, 11) is 1.98. The Kier molecular flexibility index (Phi) is 4.85. The smallest absolute Gasteiger partial charge is 0.150 e. The first-order valence-electron chi connectivity index (χ1n) is 6.60. The lowest BCUT2D eigenvalue weighted by Crippen LogP contribution is -2.26. The molecule has 0 unspecified atom stereocenters. The molecule has 1 aromatic heterocycles. The number of unbranched alkanes of at least 4 members (excludes halogenated alkanes) is 1. The van der Waals surface area contributed by atoms with Gasteiger partial charge in [0.05, 0.1) is 11.4 Å². The Hall–Kier alpha value is -1.19. The lowest BCUT2D eigenvalue weighted by atomic mass is 10.1. The Morgan fingerprint density at radius 1 is 1.35 bits per heavy atom. The third kappa shape index (κ3) is 2.93. The van der Waals surface area contributed by atoms with Gasteiger partial charge in [-0.05, 0) is 19.3 Å². The first-order chi connectivity index (χ1) is 8.02. The molecule has 98 valence electrons. The van der Waals surface area contributed by atoms with E-state index < -0.39 is 0 Å². The van der Waals surface area contributed by atoms with Crippen molar-refractivity contribution in [3.63, 3.8) is 0 Å². The fraction of sp³-hybridized carbons (Fsp3) is 0.769. The maximum atomic E-state index is 6.23. The number of nitrogen functional groups attached to an aromatic ring is 1. The highest BCUT2D eigenvalue weighted by Gasteiger charge is 2.19. The molecule has 0 saturated carbocycles. The zero-order chi connectivity index (χ0) is 13.0. The van der Waals surface area contributed by atoms with Crippen molar-refractivity contribution in [2.75, 3.05) is 23.7 Å². The summed E-state index contributed by atoms with van der Waals surface area (Å²) in [6.07, 6.45) is 2.39. The van der Waals surface area contributed by atoms with Crippen LogP contribution in [-0.2, 0) is 7.05 Å². The molecule has 4 nitrogen and oxygen atoms in total. The Morgan fingerprint density at radius 2 is 2.00 bits per heavy atom. The topological polar surface area (TPSA) is 47.1 Å². The lowest BCUT2D eigenvalue weighted by molar-refractivity contribution is 0.668. The Morgan fingerprint density at radius 3 is 2.41 bits per heavy atom. The van der Waals surface area contributed by atoms with Crippen LogP contribution in [0.2, 0.25) is 0 Å². The van der Waals surface area contributed by atoms with E-state index in [1.165, 1.54) is 12.8 Å². The van der Waals surface area contributed by atoms with Crippen LogP contribution in [-0.4, -0.2) is 22.9 Å². The largest absolute Gasteiger partial charge is 0.394 e. The van der Waals surface area contributed by atoms with Crippen molar-refractivity contribution >= 4 is 11.5 Å². The zero-order valence-corrected chi connectivity index (χ0v) is 11.8. The lowest BCUT2D eigenvalue weighted by Gasteiger charge is -2.23. The van der Waals surface area contributed by atoms with Gasteiger partial charge in [-0.25, -0.2) is 0 Å². The number of hydrogen-bond acceptors (Lipinski definition) is 3. The van der Waals surface area contributed by atoms with Gasteiger partial charge in [0.25, 0.3) is 0 Å². The molecule has 2 N–H and O–H groups in total. The van der Waals surface area contributed by atoms with Crippen molar-refractivity contribution in [3.05, 3.63) is 5.69 Å². The van der Waals surface area contributed by atoms with Gasteiger partial charge in [0.2, 0.25) is 0 Å². The van der Waals surface area contributed by atoms with Crippen LogP contribution in [0.3, 0.4) is 0 Å². The molecule has 0 aliphatic heterocycles. The number of aromatic nitrogens is 2. The second-order valence-electron chi connectivity index (χ2n) is 4.83. The molecular formula is C13H26N4. The average molecular weight is 238 g/mol. The van der Waals surface area contributed by atoms with Gasteiger partial charge < -0.3 is 10.6 Å². The molecule has 0 saturated heterocycles. The molecule has 1 aromatic rings. The standard InChI is InChI=1S/C13H26N4/c1-6-8-9-17(7-2)13-11(14)12(10(3)4)15-16(13)5/h10H,6-9,14H2,1-5H3. The Labute approximate surface area is 105 Å². The molecule has 0 amide bonds. The summed E-state index contributed by atoms with van der Waals surface area (Å²) in [5.41, 5.74) is 8.09. The van der Waals surface area contributed by atoms with Crippen molar-refractivity contribution < 1.29 is 0 Å². The minimum Gasteiger partial charge on any atom is -0.394 e. The van der Waals surface area contributed by atoms with E-state index in [1.807, 2.05) is 11.7 Å². The summed E-state index contributed by atoms with van der Waals surface area (Å²) >= 11 is 0. The quantitative estimate of drug-likeness (QED) is 0.829. The van der Waals surface area contributed by atoms with Crippen LogP contribution < -0.4 is 10.6 Å². The van der Waals surface area contributed by atoms with Gasteiger partial charge in [0, 0.05) is 20.1 Å². The van der Waals surface area contributed by atoms with E-state index in [0.717, 1.165) is 30.3 Å². The average Bonchev–Trinajstić information content (AvgIpc) is 2.57. The number of hydrogen-bond donors (Lipinski definition) is 1. The van der Waals surface area contributed by atoms with Gasteiger partial charge in [0.15, 0.2) is 0 Å². The molecular weight excluding hydrogens is 212 g/mol. The molecule has 0 aliphatic rings. The Balaban J connectivity index is 3.02. The van der Waals surface area contributed by atoms with Crippen LogP contribution in [0, 0.1) is 0 Å². The summed E-state index contributed by atoms with van der Waals surface area (Å²) in [4.78, 5) is 2.32. The molecule has 4 heteroatoms. The monoisotopic (exact) mass is 238 g/mol. The summed E-state index contributed by atoms with van der Waals surface area (Å²) < 4.78 is 1.92. The van der Waals surface area contributed by atoms with Crippen LogP contribution in [0.25, 0.3) is 0 Å². The number of nitrogens with zero attached hydrogens (tertiary/aromatic N) is 3. The van der Waals surface area contributed by atoms with Crippen LogP contribution in [0.15, 0.2) is 0 Å². The van der Waals surface area contributed by atoms with E-state index in [1.54, 1.807) is 0 Å². The second kappa shape index (κ2) is 5.94. The number of anilines is 2. The summed E-state index contributed by atoms with van der Waals surface area (Å²) in [6.45, 7) is 10.7. The third-order valence-corrected chi connectivity index (χ3v) is 3.09. The summed E-state index contributed by atoms with van der Waals surface area (Å²) in [5, 5.41) is 4.54. The van der Waals surface area contributed by atoms with Gasteiger partial charge in [-0.3, -0.25) is 4.68 Å². The normalized spacial score (nSPS) is 11.2. The SMILES string of the molecule is CCCCN(CC)c1c(N)c(C(C)C)nn1C. The van der Waals surface area contributed by atoms with Crippen molar-refractivity contribution in [1.29, 1.82) is 0 Å². The summed E-state index contributed by atoms with van der Waals surface area (Å²) in [5.74, 6) is 1.45. The van der Waals surface area contributed by atoms with Crippen molar-refractivity contribution in [2.24, 2.45) is 7.05 Å². The van der Waals surface area contributed by atoms with E-state index >= 15 is 0 Å². The van der Waals surface area contributed by atoms with Gasteiger partial charge in [-0.15, -0.1) is 0 Å². The molecule has 1 rings (SSSR count). The first-order valence-corrected chi connectivity index (χ1v) is 6.60. The molecule has 1 heterocycles. The molecule has 0 fully saturated rings. The Bertz CT molecular complexity index is 355. The molecule has 17 heavy (non-hydrogen) atoms. The zero-order valence-electron chi connectivity index (χ0n) is 11.8. The number of nitrogens with two attached hydrogens (primary N) is 1. The predicted molar refractivity (Wildman–Crippen MR) is 74.5 cm³/mol. The highest BCUT2D eigenvalue weighted by Crippen LogP contribution is 2.30. The first kappa shape index (κ1) is 13.9. The maximum Gasteiger partial charge on any atom is 0.150 e. The van der Waals surface area contributed by atoms with E-state index in [9.17, 15) is 0 Å². The van der Waals surface area contributed by atoms with Crippen LogP contribution in [0.1, 0.15) is 52.1 Å². The molecule has 0 spiro atoms. The van der Waals surface area contributed by atoms with E-state index in [-0.39, 0.29) is 0 Å². The van der Waals surface area contributed by atoms with Crippen LogP contribution in [0.5, 0.6) is 0 Å².